The summed E-state index contributed by atoms with van der Waals surface area (Å²) in [6, 6.07) is 4.08. The molecule has 0 saturated carbocycles. The number of nitrogens with two attached hydrogens (primary N) is 1. The van der Waals surface area contributed by atoms with E-state index in [1.807, 2.05) is 6.07 Å². The molecule has 110 valence electrons. The average molecular weight is 364 g/mol. The van der Waals surface area contributed by atoms with Crippen molar-refractivity contribution in [3.8, 4) is 6.07 Å². The van der Waals surface area contributed by atoms with Gasteiger partial charge in [0.05, 0.1) is 22.1 Å². The fourth-order valence-corrected chi connectivity index (χ4v) is 3.81. The number of rotatable bonds is 5. The highest BCUT2D eigenvalue weighted by atomic mass is 79.9. The lowest BCUT2D eigenvalue weighted by molar-refractivity contribution is 0.400. The first-order chi connectivity index (χ1) is 9.23. The maximum absolute atomic E-state index is 13.3. The molecule has 1 rings (SSSR count). The van der Waals surface area contributed by atoms with Crippen LogP contribution < -0.4 is 5.73 Å². The van der Waals surface area contributed by atoms with Crippen molar-refractivity contribution in [3.63, 3.8) is 0 Å². The van der Waals surface area contributed by atoms with Crippen molar-refractivity contribution in [2.75, 3.05) is 18.8 Å². The summed E-state index contributed by atoms with van der Waals surface area (Å²) in [6.45, 7) is 3.55. The van der Waals surface area contributed by atoms with Gasteiger partial charge >= 0.3 is 0 Å². The van der Waals surface area contributed by atoms with Crippen LogP contribution in [-0.2, 0) is 10.0 Å². The van der Waals surface area contributed by atoms with Gasteiger partial charge in [0.25, 0.3) is 0 Å². The van der Waals surface area contributed by atoms with E-state index in [1.54, 1.807) is 13.8 Å². The van der Waals surface area contributed by atoms with Crippen molar-refractivity contribution in [2.45, 2.75) is 18.7 Å². The molecule has 0 fully saturated rings. The Balaban J connectivity index is 3.28. The number of anilines is 1. The van der Waals surface area contributed by atoms with Gasteiger partial charge in [-0.2, -0.15) is 9.57 Å². The van der Waals surface area contributed by atoms with Crippen LogP contribution >= 0.6 is 15.9 Å². The first-order valence-electron chi connectivity index (χ1n) is 5.88. The van der Waals surface area contributed by atoms with Crippen molar-refractivity contribution in [2.24, 2.45) is 5.92 Å². The summed E-state index contributed by atoms with van der Waals surface area (Å²) in [5.74, 6) is -1.08. The molecule has 5 nitrogen and oxygen atoms in total. The second-order valence-electron chi connectivity index (χ2n) is 4.29. The van der Waals surface area contributed by atoms with E-state index in [-0.39, 0.29) is 28.1 Å². The monoisotopic (exact) mass is 363 g/mol. The van der Waals surface area contributed by atoms with Crippen LogP contribution in [0, 0.1) is 23.1 Å². The molecule has 0 spiro atoms. The first-order valence-corrected chi connectivity index (χ1v) is 8.11. The van der Waals surface area contributed by atoms with E-state index in [9.17, 15) is 12.8 Å². The molecule has 0 aromatic heterocycles. The molecule has 1 aromatic carbocycles. The van der Waals surface area contributed by atoms with E-state index in [2.05, 4.69) is 15.9 Å². The van der Waals surface area contributed by atoms with E-state index in [4.69, 9.17) is 11.0 Å². The molecule has 0 saturated heterocycles. The van der Waals surface area contributed by atoms with E-state index >= 15 is 0 Å². The second-order valence-corrected chi connectivity index (χ2v) is 7.05. The predicted molar refractivity (Wildman–Crippen MR) is 77.7 cm³/mol. The van der Waals surface area contributed by atoms with Gasteiger partial charge in [-0.25, -0.2) is 12.8 Å². The number of nitrogen functional groups attached to an aromatic ring is 1. The van der Waals surface area contributed by atoms with Gasteiger partial charge in [0.2, 0.25) is 10.0 Å². The molecule has 1 atom stereocenters. The Morgan fingerprint density at radius 3 is 2.65 bits per heavy atom. The number of hydrogen-bond acceptors (Lipinski definition) is 4. The summed E-state index contributed by atoms with van der Waals surface area (Å²) in [5, 5.41) is 8.80. The SMILES string of the molecule is CCN(CC(C)C#N)S(=O)(=O)c1cc(Br)c(F)cc1N. The number of nitriles is 1. The topological polar surface area (TPSA) is 87.2 Å². The molecule has 20 heavy (non-hydrogen) atoms. The molecule has 0 radical (unpaired) electrons. The molecule has 0 amide bonds. The van der Waals surface area contributed by atoms with Crippen LogP contribution in [-0.4, -0.2) is 25.8 Å². The Morgan fingerprint density at radius 1 is 1.55 bits per heavy atom. The van der Waals surface area contributed by atoms with Crippen molar-refractivity contribution in [1.82, 2.24) is 4.31 Å². The minimum Gasteiger partial charge on any atom is -0.398 e. The van der Waals surface area contributed by atoms with Crippen molar-refractivity contribution in [3.05, 3.63) is 22.4 Å². The van der Waals surface area contributed by atoms with Gasteiger partial charge in [0.15, 0.2) is 0 Å². The summed E-state index contributed by atoms with van der Waals surface area (Å²) in [5.41, 5.74) is 5.44. The number of halogens is 2. The molecule has 0 aliphatic heterocycles. The summed E-state index contributed by atoms with van der Waals surface area (Å²) >= 11 is 2.94. The van der Waals surface area contributed by atoms with Crippen LogP contribution in [0.25, 0.3) is 0 Å². The lowest BCUT2D eigenvalue weighted by Crippen LogP contribution is -2.34. The van der Waals surface area contributed by atoms with Gasteiger partial charge in [-0.1, -0.05) is 6.92 Å². The quantitative estimate of drug-likeness (QED) is 0.813. The Morgan fingerprint density at radius 2 is 2.15 bits per heavy atom. The normalized spacial score (nSPS) is 13.2. The molecule has 1 unspecified atom stereocenters. The molecule has 2 N–H and O–H groups in total. The molecule has 0 bridgehead atoms. The molecular weight excluding hydrogens is 349 g/mol. The number of sulfonamides is 1. The zero-order valence-corrected chi connectivity index (χ0v) is 13.5. The van der Waals surface area contributed by atoms with E-state index < -0.39 is 21.8 Å². The van der Waals surface area contributed by atoms with E-state index in [1.165, 1.54) is 0 Å². The van der Waals surface area contributed by atoms with E-state index in [0.717, 1.165) is 16.4 Å². The molecule has 0 heterocycles. The fraction of sp³-hybridized carbons (Fsp3) is 0.417. The third kappa shape index (κ3) is 3.48. The highest BCUT2D eigenvalue weighted by Crippen LogP contribution is 2.28. The van der Waals surface area contributed by atoms with Crippen molar-refractivity contribution in [1.29, 1.82) is 5.26 Å². The Bertz CT molecular complexity index is 643. The van der Waals surface area contributed by atoms with Gasteiger partial charge < -0.3 is 5.73 Å². The molecule has 0 aliphatic carbocycles. The zero-order chi connectivity index (χ0) is 15.5. The molecule has 1 aromatic rings. The van der Waals surface area contributed by atoms with Crippen LogP contribution in [0.15, 0.2) is 21.5 Å². The molecular formula is C12H15BrFN3O2S. The predicted octanol–water partition coefficient (Wildman–Crippen LogP) is 2.34. The van der Waals surface area contributed by atoms with Gasteiger partial charge in [0.1, 0.15) is 10.7 Å². The molecule has 8 heteroatoms. The highest BCUT2D eigenvalue weighted by molar-refractivity contribution is 9.10. The van der Waals surface area contributed by atoms with Crippen LogP contribution in [0.4, 0.5) is 10.1 Å². The minimum absolute atomic E-state index is 0.0228. The fourth-order valence-electron chi connectivity index (χ4n) is 1.65. The Hall–Kier alpha value is -1.17. The average Bonchev–Trinajstić information content (AvgIpc) is 2.39. The first kappa shape index (κ1) is 16.9. The van der Waals surface area contributed by atoms with Gasteiger partial charge in [0, 0.05) is 13.1 Å². The maximum Gasteiger partial charge on any atom is 0.245 e. The van der Waals surface area contributed by atoms with Gasteiger partial charge in [-0.15, -0.1) is 0 Å². The molecule has 0 aliphatic rings. The number of hydrogen-bond donors (Lipinski definition) is 1. The Kier molecular flexibility index (Phi) is 5.50. The highest BCUT2D eigenvalue weighted by Gasteiger charge is 2.27. The Labute approximate surface area is 126 Å². The van der Waals surface area contributed by atoms with Crippen LogP contribution in [0.2, 0.25) is 0 Å². The lowest BCUT2D eigenvalue weighted by Gasteiger charge is -2.22. The van der Waals surface area contributed by atoms with Crippen LogP contribution in [0.5, 0.6) is 0 Å². The van der Waals surface area contributed by atoms with Crippen LogP contribution in [0.3, 0.4) is 0 Å². The lowest BCUT2D eigenvalue weighted by atomic mass is 10.2. The smallest absolute Gasteiger partial charge is 0.245 e. The van der Waals surface area contributed by atoms with Crippen LogP contribution in [0.1, 0.15) is 13.8 Å². The third-order valence-corrected chi connectivity index (χ3v) is 5.33. The summed E-state index contributed by atoms with van der Waals surface area (Å²) in [7, 11) is -3.87. The van der Waals surface area contributed by atoms with E-state index in [0.29, 0.717) is 0 Å². The standard InChI is InChI=1S/C12H15BrFN3O2S/c1-3-17(7-8(2)6-15)20(18,19)12-4-9(13)10(14)5-11(12)16/h4-5,8H,3,7,16H2,1-2H3. The minimum atomic E-state index is -3.87. The van der Waals surface area contributed by atoms with Gasteiger partial charge in [-0.05, 0) is 35.0 Å². The zero-order valence-electron chi connectivity index (χ0n) is 11.1. The number of benzene rings is 1. The third-order valence-electron chi connectivity index (χ3n) is 2.72. The largest absolute Gasteiger partial charge is 0.398 e. The van der Waals surface area contributed by atoms with Crippen molar-refractivity contribution < 1.29 is 12.8 Å². The number of nitrogens with zero attached hydrogens (tertiary/aromatic N) is 2. The van der Waals surface area contributed by atoms with Gasteiger partial charge in [-0.3, -0.25) is 0 Å². The summed E-state index contributed by atoms with van der Waals surface area (Å²) in [6.07, 6.45) is 0. The maximum atomic E-state index is 13.3. The summed E-state index contributed by atoms with van der Waals surface area (Å²) < 4.78 is 39.5. The second kappa shape index (κ2) is 6.52. The summed E-state index contributed by atoms with van der Waals surface area (Å²) in [4.78, 5) is -0.169. The van der Waals surface area contributed by atoms with Crippen molar-refractivity contribution >= 4 is 31.6 Å².